The van der Waals surface area contributed by atoms with Crippen molar-refractivity contribution in [1.82, 2.24) is 5.32 Å². The van der Waals surface area contributed by atoms with Gasteiger partial charge in [0.05, 0.1) is 39.9 Å². The second-order valence-corrected chi connectivity index (χ2v) is 22.8. The molecule has 0 aliphatic rings. The average Bonchev–Trinajstić information content (AvgIpc) is 3.26. The van der Waals surface area contributed by atoms with Crippen LogP contribution in [0.5, 0.6) is 0 Å². The zero-order valence-corrected chi connectivity index (χ0v) is 45.4. The molecule has 1 amide bonds. The lowest BCUT2D eigenvalue weighted by Gasteiger charge is -2.26. The molecule has 0 saturated heterocycles. The first-order valence-corrected chi connectivity index (χ1v) is 30.4. The van der Waals surface area contributed by atoms with E-state index in [9.17, 15) is 19.4 Å². The number of phosphoric acid groups is 1. The number of nitrogens with zero attached hydrogens (tertiary/aromatic N) is 1. The molecule has 0 bridgehead atoms. The number of quaternary nitrogens is 1. The maximum atomic E-state index is 13.0. The van der Waals surface area contributed by atoms with Crippen LogP contribution in [0.2, 0.25) is 0 Å². The van der Waals surface area contributed by atoms with Gasteiger partial charge in [0.2, 0.25) is 5.91 Å². The van der Waals surface area contributed by atoms with Crippen molar-refractivity contribution >= 4 is 13.7 Å². The molecule has 0 aliphatic heterocycles. The van der Waals surface area contributed by atoms with Crippen molar-refractivity contribution in [3.63, 3.8) is 0 Å². The number of likely N-dealkylation sites (N-methyl/N-ethyl adjacent to an activating group) is 1. The van der Waals surface area contributed by atoms with Gasteiger partial charge in [-0.2, -0.15) is 0 Å². The highest BCUT2D eigenvalue weighted by Gasteiger charge is 2.28. The van der Waals surface area contributed by atoms with E-state index in [0.717, 1.165) is 38.5 Å². The van der Waals surface area contributed by atoms with Crippen LogP contribution in [-0.2, 0) is 18.4 Å². The largest absolute Gasteiger partial charge is 0.472 e. The van der Waals surface area contributed by atoms with E-state index >= 15 is 0 Å². The van der Waals surface area contributed by atoms with E-state index in [4.69, 9.17) is 9.05 Å². The Morgan fingerprint density at radius 3 is 1.03 bits per heavy atom. The molecule has 8 nitrogen and oxygen atoms in total. The lowest BCUT2D eigenvalue weighted by atomic mass is 10.0. The Morgan fingerprint density at radius 1 is 0.462 bits per heavy atom. The van der Waals surface area contributed by atoms with E-state index in [2.05, 4.69) is 19.2 Å². The Labute approximate surface area is 406 Å². The fraction of sp³-hybridized carbons (Fsp3) is 0.982. The number of nitrogens with one attached hydrogen (secondary N) is 1. The topological polar surface area (TPSA) is 105 Å². The third-order valence-corrected chi connectivity index (χ3v) is 14.6. The second kappa shape index (κ2) is 48.5. The Kier molecular flexibility index (Phi) is 48.1. The van der Waals surface area contributed by atoms with Gasteiger partial charge in [-0.1, -0.05) is 284 Å². The van der Waals surface area contributed by atoms with Gasteiger partial charge in [0.15, 0.2) is 0 Å². The summed E-state index contributed by atoms with van der Waals surface area (Å²) in [4.78, 5) is 23.3. The van der Waals surface area contributed by atoms with Gasteiger partial charge in [-0.25, -0.2) is 4.57 Å². The third-order valence-electron chi connectivity index (χ3n) is 13.6. The molecule has 1 unspecified atom stereocenters. The fourth-order valence-corrected chi connectivity index (χ4v) is 9.79. The van der Waals surface area contributed by atoms with Crippen LogP contribution in [0.3, 0.4) is 0 Å². The van der Waals surface area contributed by atoms with Crippen LogP contribution in [0.1, 0.15) is 303 Å². The SMILES string of the molecule is CCCCCCCCCCCCCCCCCCCCCCCCCCCCCCCCCC(=O)N[C@@H](COP(=O)(O)OCC[N+](C)(C)C)[C@H](O)CCCCCCCCCCCCCC. The highest BCUT2D eigenvalue weighted by atomic mass is 31.2. The summed E-state index contributed by atoms with van der Waals surface area (Å²) in [5.74, 6) is -0.138. The zero-order valence-electron chi connectivity index (χ0n) is 44.5. The molecule has 0 aromatic heterocycles. The molecule has 0 heterocycles. The Bertz CT molecular complexity index is 1030. The summed E-state index contributed by atoms with van der Waals surface area (Å²) in [7, 11) is 1.63. The smallest absolute Gasteiger partial charge is 0.391 e. The van der Waals surface area contributed by atoms with Gasteiger partial charge < -0.3 is 19.8 Å². The van der Waals surface area contributed by atoms with Gasteiger partial charge in [-0.3, -0.25) is 13.8 Å². The lowest BCUT2D eigenvalue weighted by Crippen LogP contribution is -2.46. The fourth-order valence-electron chi connectivity index (χ4n) is 9.05. The highest BCUT2D eigenvalue weighted by Crippen LogP contribution is 2.43. The summed E-state index contributed by atoms with van der Waals surface area (Å²) < 4.78 is 23.7. The number of hydrogen-bond acceptors (Lipinski definition) is 5. The summed E-state index contributed by atoms with van der Waals surface area (Å²) in [6.07, 6.45) is 57.5. The molecule has 0 saturated carbocycles. The van der Waals surface area contributed by atoms with Crippen LogP contribution in [-0.4, -0.2) is 73.4 Å². The van der Waals surface area contributed by atoms with Crippen LogP contribution in [0.15, 0.2) is 0 Å². The van der Waals surface area contributed by atoms with Gasteiger partial charge in [0, 0.05) is 6.42 Å². The van der Waals surface area contributed by atoms with E-state index in [1.54, 1.807) is 0 Å². The predicted molar refractivity (Wildman–Crippen MR) is 282 cm³/mol. The Morgan fingerprint density at radius 2 is 0.738 bits per heavy atom. The molecule has 0 spiro atoms. The summed E-state index contributed by atoms with van der Waals surface area (Å²) >= 11 is 0. The van der Waals surface area contributed by atoms with Gasteiger partial charge in [-0.15, -0.1) is 0 Å². The number of carbonyl (C=O) groups excluding carboxylic acids is 1. The predicted octanol–water partition coefficient (Wildman–Crippen LogP) is 17.3. The summed E-state index contributed by atoms with van der Waals surface area (Å²) in [6.45, 7) is 4.93. The molecule has 0 radical (unpaired) electrons. The van der Waals surface area contributed by atoms with E-state index in [1.807, 2.05) is 21.1 Å². The third kappa shape index (κ3) is 51.2. The molecule has 390 valence electrons. The van der Waals surface area contributed by atoms with Crippen molar-refractivity contribution in [2.75, 3.05) is 40.9 Å². The van der Waals surface area contributed by atoms with Crippen LogP contribution in [0, 0.1) is 0 Å². The molecule has 9 heteroatoms. The minimum Gasteiger partial charge on any atom is -0.391 e. The van der Waals surface area contributed by atoms with E-state index < -0.39 is 20.0 Å². The average molecular weight is 945 g/mol. The molecule has 0 fully saturated rings. The molecule has 0 aliphatic carbocycles. The molecular weight excluding hydrogens is 828 g/mol. The maximum Gasteiger partial charge on any atom is 0.472 e. The molecule has 65 heavy (non-hydrogen) atoms. The lowest BCUT2D eigenvalue weighted by molar-refractivity contribution is -0.870. The van der Waals surface area contributed by atoms with Crippen molar-refractivity contribution in [2.45, 2.75) is 315 Å². The maximum absolute atomic E-state index is 13.0. The minimum absolute atomic E-state index is 0.0788. The number of unbranched alkanes of at least 4 members (excludes halogenated alkanes) is 41. The van der Waals surface area contributed by atoms with Gasteiger partial charge in [0.1, 0.15) is 13.2 Å². The molecule has 0 rings (SSSR count). The van der Waals surface area contributed by atoms with E-state index in [0.29, 0.717) is 23.9 Å². The van der Waals surface area contributed by atoms with Gasteiger partial charge in [0.25, 0.3) is 0 Å². The van der Waals surface area contributed by atoms with Crippen molar-refractivity contribution in [3.05, 3.63) is 0 Å². The van der Waals surface area contributed by atoms with Crippen LogP contribution in [0.4, 0.5) is 0 Å². The Balaban J connectivity index is 3.93. The van der Waals surface area contributed by atoms with Crippen molar-refractivity contribution in [1.29, 1.82) is 0 Å². The number of carbonyl (C=O) groups is 1. The summed E-state index contributed by atoms with van der Waals surface area (Å²) in [5, 5.41) is 14.0. The number of rotatable bonds is 54. The van der Waals surface area contributed by atoms with Gasteiger partial charge >= 0.3 is 7.82 Å². The highest BCUT2D eigenvalue weighted by molar-refractivity contribution is 7.47. The number of aliphatic hydroxyl groups excluding tert-OH is 1. The number of hydrogen-bond donors (Lipinski definition) is 3. The standard InChI is InChI=1S/C56H115N2O6P/c1-6-8-10-12-14-16-18-20-21-22-23-24-25-26-27-28-29-30-31-32-33-34-35-36-37-38-40-42-44-46-48-50-56(60)57-54(53-64-65(61,62)63-52-51-58(3,4)5)55(59)49-47-45-43-41-39-19-17-15-13-11-9-7-2/h54-55,59H,6-53H2,1-5H3,(H-,57,60,61,62)/p+1/t54-,55+/m0/s1. The first-order chi connectivity index (χ1) is 31.5. The van der Waals surface area contributed by atoms with Crippen molar-refractivity contribution in [2.24, 2.45) is 0 Å². The molecule has 0 aromatic rings. The Hall–Kier alpha value is -0.500. The van der Waals surface area contributed by atoms with Crippen LogP contribution in [0.25, 0.3) is 0 Å². The number of phosphoric ester groups is 1. The number of amides is 1. The number of aliphatic hydroxyl groups is 1. The quantitative estimate of drug-likeness (QED) is 0.0319. The zero-order chi connectivity index (χ0) is 47.8. The molecule has 3 N–H and O–H groups in total. The van der Waals surface area contributed by atoms with Crippen molar-refractivity contribution in [3.8, 4) is 0 Å². The van der Waals surface area contributed by atoms with Crippen molar-refractivity contribution < 1.29 is 32.9 Å². The van der Waals surface area contributed by atoms with Gasteiger partial charge in [-0.05, 0) is 12.8 Å². The van der Waals surface area contributed by atoms with Crippen LogP contribution >= 0.6 is 7.82 Å². The first-order valence-electron chi connectivity index (χ1n) is 28.9. The monoisotopic (exact) mass is 944 g/mol. The van der Waals surface area contributed by atoms with E-state index in [-0.39, 0.29) is 19.1 Å². The molecule has 3 atom stereocenters. The molecular formula is C56H116N2O6P+. The molecule has 0 aromatic carbocycles. The normalized spacial score (nSPS) is 13.9. The minimum atomic E-state index is -4.31. The summed E-state index contributed by atoms with van der Waals surface area (Å²) in [6, 6.07) is -0.754. The van der Waals surface area contributed by atoms with Crippen LogP contribution < -0.4 is 5.32 Å². The van der Waals surface area contributed by atoms with E-state index in [1.165, 1.54) is 238 Å². The second-order valence-electron chi connectivity index (χ2n) is 21.4. The first kappa shape index (κ1) is 64.5. The summed E-state index contributed by atoms with van der Waals surface area (Å²) in [5.41, 5.74) is 0.